The van der Waals surface area contributed by atoms with Crippen LogP contribution in [-0.2, 0) is 6.42 Å². The third kappa shape index (κ3) is 3.11. The second kappa shape index (κ2) is 7.17. The van der Waals surface area contributed by atoms with Crippen LogP contribution < -0.4 is 10.3 Å². The lowest BCUT2D eigenvalue weighted by atomic mass is 10.1. The summed E-state index contributed by atoms with van der Waals surface area (Å²) in [6.07, 6.45) is 5.13. The standard InChI is InChI=1S/C19H21N3O2/c1-3-6-17-18(14-7-5-12-20-13-14)21-22(19(17)23)15-8-10-16(11-9-15)24-4-2/h5,7-13,21H,3-4,6H2,1-2H3. The Balaban J connectivity index is 2.07. The van der Waals surface area contributed by atoms with Gasteiger partial charge in [0.15, 0.2) is 0 Å². The highest BCUT2D eigenvalue weighted by atomic mass is 16.5. The molecule has 5 heteroatoms. The van der Waals surface area contributed by atoms with Crippen molar-refractivity contribution >= 4 is 0 Å². The molecule has 2 aromatic heterocycles. The minimum atomic E-state index is -0.0140. The molecule has 0 fully saturated rings. The number of hydrogen-bond donors (Lipinski definition) is 1. The number of H-pyrrole nitrogens is 1. The highest BCUT2D eigenvalue weighted by molar-refractivity contribution is 5.62. The van der Waals surface area contributed by atoms with Gasteiger partial charge in [0.1, 0.15) is 5.75 Å². The van der Waals surface area contributed by atoms with Crippen LogP contribution in [0.1, 0.15) is 25.8 Å². The minimum Gasteiger partial charge on any atom is -0.494 e. The highest BCUT2D eigenvalue weighted by Gasteiger charge is 2.16. The molecule has 0 bridgehead atoms. The van der Waals surface area contributed by atoms with Gasteiger partial charge in [0.25, 0.3) is 5.56 Å². The predicted molar refractivity (Wildman–Crippen MR) is 94.8 cm³/mol. The number of ether oxygens (including phenoxy) is 1. The first-order valence-corrected chi connectivity index (χ1v) is 8.22. The maximum absolute atomic E-state index is 12.8. The smallest absolute Gasteiger partial charge is 0.275 e. The Bertz CT molecular complexity index is 849. The van der Waals surface area contributed by atoms with Crippen LogP contribution in [0.4, 0.5) is 0 Å². The van der Waals surface area contributed by atoms with Crippen molar-refractivity contribution in [3.8, 4) is 22.7 Å². The van der Waals surface area contributed by atoms with Crippen molar-refractivity contribution in [3.63, 3.8) is 0 Å². The summed E-state index contributed by atoms with van der Waals surface area (Å²) in [4.78, 5) is 17.0. The van der Waals surface area contributed by atoms with E-state index in [1.54, 1.807) is 17.1 Å². The number of rotatable bonds is 6. The van der Waals surface area contributed by atoms with Crippen LogP contribution in [-0.4, -0.2) is 21.4 Å². The molecule has 0 radical (unpaired) electrons. The average molecular weight is 323 g/mol. The minimum absolute atomic E-state index is 0.0140. The summed E-state index contributed by atoms with van der Waals surface area (Å²) < 4.78 is 7.04. The lowest BCUT2D eigenvalue weighted by Crippen LogP contribution is -2.17. The Labute approximate surface area is 140 Å². The van der Waals surface area contributed by atoms with Crippen molar-refractivity contribution in [2.75, 3.05) is 6.61 Å². The Kier molecular flexibility index (Phi) is 4.79. The van der Waals surface area contributed by atoms with Gasteiger partial charge in [-0.3, -0.25) is 14.9 Å². The number of pyridine rings is 1. The Morgan fingerprint density at radius 1 is 1.17 bits per heavy atom. The molecule has 5 nitrogen and oxygen atoms in total. The molecule has 0 amide bonds. The molecule has 0 aliphatic rings. The third-order valence-corrected chi connectivity index (χ3v) is 3.84. The van der Waals surface area contributed by atoms with Crippen molar-refractivity contribution in [2.24, 2.45) is 0 Å². The lowest BCUT2D eigenvalue weighted by Gasteiger charge is -2.05. The molecule has 24 heavy (non-hydrogen) atoms. The molecule has 0 saturated heterocycles. The highest BCUT2D eigenvalue weighted by Crippen LogP contribution is 2.21. The van der Waals surface area contributed by atoms with Crippen molar-refractivity contribution < 1.29 is 4.74 Å². The van der Waals surface area contributed by atoms with Gasteiger partial charge >= 0.3 is 0 Å². The SMILES string of the molecule is CCCc1c(-c2cccnc2)[nH]n(-c2ccc(OCC)cc2)c1=O. The van der Waals surface area contributed by atoms with Gasteiger partial charge in [0, 0.05) is 23.5 Å². The van der Waals surface area contributed by atoms with Gasteiger partial charge < -0.3 is 4.74 Å². The van der Waals surface area contributed by atoms with Crippen LogP contribution >= 0.6 is 0 Å². The van der Waals surface area contributed by atoms with Gasteiger partial charge in [-0.1, -0.05) is 13.3 Å². The van der Waals surface area contributed by atoms with E-state index in [9.17, 15) is 4.79 Å². The summed E-state index contributed by atoms with van der Waals surface area (Å²) in [5.41, 5.74) is 3.32. The Morgan fingerprint density at radius 2 is 1.96 bits per heavy atom. The molecule has 0 saturated carbocycles. The fourth-order valence-electron chi connectivity index (χ4n) is 2.74. The van der Waals surface area contributed by atoms with Gasteiger partial charge in [-0.2, -0.15) is 0 Å². The first kappa shape index (κ1) is 16.1. The van der Waals surface area contributed by atoms with Crippen molar-refractivity contribution in [1.29, 1.82) is 0 Å². The molecule has 0 unspecified atom stereocenters. The van der Waals surface area contributed by atoms with Crippen LogP contribution in [0.5, 0.6) is 5.75 Å². The summed E-state index contributed by atoms with van der Waals surface area (Å²) in [6, 6.07) is 11.3. The largest absolute Gasteiger partial charge is 0.494 e. The van der Waals surface area contributed by atoms with E-state index in [0.717, 1.165) is 41.1 Å². The van der Waals surface area contributed by atoms with E-state index in [2.05, 4.69) is 17.0 Å². The summed E-state index contributed by atoms with van der Waals surface area (Å²) in [6.45, 7) is 4.63. The molecule has 0 aliphatic heterocycles. The summed E-state index contributed by atoms with van der Waals surface area (Å²) in [7, 11) is 0. The first-order valence-electron chi connectivity index (χ1n) is 8.22. The molecular formula is C19H21N3O2. The molecule has 2 heterocycles. The van der Waals surface area contributed by atoms with Crippen LogP contribution in [0.25, 0.3) is 16.9 Å². The molecule has 3 aromatic rings. The number of nitrogens with zero attached hydrogens (tertiary/aromatic N) is 2. The molecule has 124 valence electrons. The van der Waals surface area contributed by atoms with Crippen molar-refractivity contribution in [2.45, 2.75) is 26.7 Å². The molecular weight excluding hydrogens is 302 g/mol. The van der Waals surface area contributed by atoms with Crippen molar-refractivity contribution in [1.82, 2.24) is 14.8 Å². The molecule has 0 aliphatic carbocycles. The Hall–Kier alpha value is -2.82. The van der Waals surface area contributed by atoms with E-state index < -0.39 is 0 Å². The normalized spacial score (nSPS) is 10.8. The van der Waals surface area contributed by atoms with E-state index >= 15 is 0 Å². The second-order valence-corrected chi connectivity index (χ2v) is 5.52. The fraction of sp³-hybridized carbons (Fsp3) is 0.263. The van der Waals surface area contributed by atoms with E-state index in [4.69, 9.17) is 4.74 Å². The summed E-state index contributed by atoms with van der Waals surface area (Å²) >= 11 is 0. The zero-order valence-electron chi connectivity index (χ0n) is 14.0. The zero-order valence-corrected chi connectivity index (χ0v) is 14.0. The number of benzene rings is 1. The van der Waals surface area contributed by atoms with Gasteiger partial charge in [0.2, 0.25) is 0 Å². The van der Waals surface area contributed by atoms with E-state index in [1.807, 2.05) is 43.3 Å². The number of aromatic amines is 1. The molecule has 0 atom stereocenters. The second-order valence-electron chi connectivity index (χ2n) is 5.52. The maximum Gasteiger partial charge on any atom is 0.275 e. The fourth-order valence-corrected chi connectivity index (χ4v) is 2.74. The quantitative estimate of drug-likeness (QED) is 0.754. The van der Waals surface area contributed by atoms with Crippen LogP contribution in [0, 0.1) is 0 Å². The molecule has 0 spiro atoms. The summed E-state index contributed by atoms with van der Waals surface area (Å²) in [5.74, 6) is 0.794. The monoisotopic (exact) mass is 323 g/mol. The van der Waals surface area contributed by atoms with Gasteiger partial charge in [-0.15, -0.1) is 0 Å². The average Bonchev–Trinajstić information content (AvgIpc) is 2.94. The van der Waals surface area contributed by atoms with Gasteiger partial charge in [-0.25, -0.2) is 4.68 Å². The number of nitrogens with one attached hydrogen (secondary N) is 1. The maximum atomic E-state index is 12.8. The molecule has 1 aromatic carbocycles. The lowest BCUT2D eigenvalue weighted by molar-refractivity contribution is 0.340. The number of aromatic nitrogens is 3. The first-order chi connectivity index (χ1) is 11.7. The third-order valence-electron chi connectivity index (χ3n) is 3.84. The van der Waals surface area contributed by atoms with E-state index in [1.165, 1.54) is 0 Å². The van der Waals surface area contributed by atoms with Gasteiger partial charge in [0.05, 0.1) is 18.0 Å². The van der Waals surface area contributed by atoms with E-state index in [0.29, 0.717) is 6.61 Å². The summed E-state index contributed by atoms with van der Waals surface area (Å²) in [5, 5.41) is 3.24. The van der Waals surface area contributed by atoms with E-state index in [-0.39, 0.29) is 5.56 Å². The van der Waals surface area contributed by atoms with Crippen LogP contribution in [0.2, 0.25) is 0 Å². The molecule has 1 N–H and O–H groups in total. The zero-order chi connectivity index (χ0) is 16.9. The van der Waals surface area contributed by atoms with Crippen molar-refractivity contribution in [3.05, 3.63) is 64.7 Å². The predicted octanol–water partition coefficient (Wildman–Crippen LogP) is 3.58. The van der Waals surface area contributed by atoms with Gasteiger partial charge in [-0.05, 0) is 49.7 Å². The Morgan fingerprint density at radius 3 is 2.58 bits per heavy atom. The molecule has 3 rings (SSSR count). The van der Waals surface area contributed by atoms with Crippen LogP contribution in [0.3, 0.4) is 0 Å². The number of hydrogen-bond acceptors (Lipinski definition) is 3. The topological polar surface area (TPSA) is 59.9 Å². The van der Waals surface area contributed by atoms with Crippen LogP contribution in [0.15, 0.2) is 53.6 Å².